The Kier molecular flexibility index (Phi) is 12.5. The van der Waals surface area contributed by atoms with Gasteiger partial charge in [0.2, 0.25) is 5.91 Å². The molecule has 0 bridgehead atoms. The van der Waals surface area contributed by atoms with Crippen LogP contribution in [0.15, 0.2) is 12.2 Å². The van der Waals surface area contributed by atoms with Crippen LogP contribution in [0.1, 0.15) is 79.1 Å². The van der Waals surface area contributed by atoms with Crippen LogP contribution in [0.25, 0.3) is 0 Å². The fourth-order valence-electron chi connectivity index (χ4n) is 2.00. The van der Waals surface area contributed by atoms with Crippen LogP contribution in [-0.4, -0.2) is 24.0 Å². The van der Waals surface area contributed by atoms with E-state index >= 15 is 0 Å². The molecule has 4 heteroatoms. The number of amides is 1. The van der Waals surface area contributed by atoms with E-state index in [1.165, 1.54) is 19.3 Å². The van der Waals surface area contributed by atoms with E-state index in [9.17, 15) is 9.59 Å². The Hall–Kier alpha value is -1.32. The summed E-state index contributed by atoms with van der Waals surface area (Å²) in [5.41, 5.74) is 0. The summed E-state index contributed by atoms with van der Waals surface area (Å²) in [5.74, 6) is -0.479. The molecule has 128 valence electrons. The van der Waals surface area contributed by atoms with Gasteiger partial charge in [0, 0.05) is 6.42 Å². The minimum absolute atomic E-state index is 0.0943. The molecule has 0 aromatic rings. The third-order valence-electron chi connectivity index (χ3n) is 3.23. The molecule has 0 saturated heterocycles. The van der Waals surface area contributed by atoms with Gasteiger partial charge < -0.3 is 10.1 Å². The highest BCUT2D eigenvalue weighted by atomic mass is 16.5. The predicted molar refractivity (Wildman–Crippen MR) is 90.6 cm³/mol. The van der Waals surface area contributed by atoms with Crippen LogP contribution in [0.5, 0.6) is 0 Å². The number of rotatable bonds is 12. The third-order valence-corrected chi connectivity index (χ3v) is 3.23. The average Bonchev–Trinajstić information content (AvgIpc) is 2.46. The van der Waals surface area contributed by atoms with Crippen LogP contribution in [0.4, 0.5) is 0 Å². The molecule has 22 heavy (non-hydrogen) atoms. The Morgan fingerprint density at radius 3 is 2.32 bits per heavy atom. The van der Waals surface area contributed by atoms with E-state index in [-0.39, 0.29) is 18.0 Å². The van der Waals surface area contributed by atoms with Crippen molar-refractivity contribution in [2.45, 2.75) is 91.2 Å². The molecule has 1 atom stereocenters. The lowest BCUT2D eigenvalue weighted by molar-refractivity contribution is -0.150. The Morgan fingerprint density at radius 2 is 1.73 bits per heavy atom. The van der Waals surface area contributed by atoms with Gasteiger partial charge in [-0.15, -0.1) is 0 Å². The molecule has 0 saturated carbocycles. The van der Waals surface area contributed by atoms with Crippen molar-refractivity contribution in [2.24, 2.45) is 0 Å². The Morgan fingerprint density at radius 1 is 1.05 bits per heavy atom. The van der Waals surface area contributed by atoms with E-state index in [2.05, 4.69) is 12.2 Å². The molecule has 0 rings (SSSR count). The van der Waals surface area contributed by atoms with E-state index in [4.69, 9.17) is 4.74 Å². The van der Waals surface area contributed by atoms with Crippen molar-refractivity contribution in [1.82, 2.24) is 5.32 Å². The number of esters is 1. The SMILES string of the molecule is CCCCCC/C=C\C(NC(=O)CCCC)C(=O)OC(C)C. The number of nitrogens with one attached hydrogen (secondary N) is 1. The standard InChI is InChI=1S/C18H33NO3/c1-5-7-9-10-11-12-13-16(18(21)22-15(3)4)19-17(20)14-8-6-2/h12-13,15-16H,5-11,14H2,1-4H3,(H,19,20)/b13-12-. The molecule has 0 aromatic carbocycles. The Balaban J connectivity index is 4.41. The second-order valence-corrected chi connectivity index (χ2v) is 5.91. The highest BCUT2D eigenvalue weighted by Crippen LogP contribution is 2.05. The fourth-order valence-corrected chi connectivity index (χ4v) is 2.00. The first-order valence-electron chi connectivity index (χ1n) is 8.67. The molecule has 0 aliphatic rings. The van der Waals surface area contributed by atoms with Gasteiger partial charge >= 0.3 is 5.97 Å². The molecule has 0 radical (unpaired) electrons. The maximum absolute atomic E-state index is 12.0. The number of hydrogen-bond donors (Lipinski definition) is 1. The summed E-state index contributed by atoms with van der Waals surface area (Å²) in [5, 5.41) is 2.76. The Bertz CT molecular complexity index is 337. The first-order chi connectivity index (χ1) is 10.5. The van der Waals surface area contributed by atoms with Crippen LogP contribution >= 0.6 is 0 Å². The lowest BCUT2D eigenvalue weighted by atomic mass is 10.1. The second-order valence-electron chi connectivity index (χ2n) is 5.91. The summed E-state index contributed by atoms with van der Waals surface area (Å²) in [4.78, 5) is 23.9. The minimum atomic E-state index is -0.669. The van der Waals surface area contributed by atoms with E-state index in [1.54, 1.807) is 6.08 Å². The van der Waals surface area contributed by atoms with Crippen molar-refractivity contribution in [3.63, 3.8) is 0 Å². The number of ether oxygens (including phenoxy) is 1. The number of unbranched alkanes of at least 4 members (excludes halogenated alkanes) is 5. The summed E-state index contributed by atoms with van der Waals surface area (Å²) in [6, 6.07) is -0.669. The van der Waals surface area contributed by atoms with Gasteiger partial charge in [-0.05, 0) is 33.1 Å². The van der Waals surface area contributed by atoms with Gasteiger partial charge in [0.15, 0.2) is 0 Å². The third kappa shape index (κ3) is 11.4. The number of carbonyl (C=O) groups is 2. The largest absolute Gasteiger partial charge is 0.461 e. The van der Waals surface area contributed by atoms with E-state index in [1.807, 2.05) is 26.8 Å². The highest BCUT2D eigenvalue weighted by Gasteiger charge is 2.20. The smallest absolute Gasteiger partial charge is 0.332 e. The van der Waals surface area contributed by atoms with Gasteiger partial charge in [0.05, 0.1) is 6.10 Å². The molecule has 1 amide bonds. The number of hydrogen-bond acceptors (Lipinski definition) is 3. The van der Waals surface area contributed by atoms with Gasteiger partial charge in [0.1, 0.15) is 6.04 Å². The second kappa shape index (κ2) is 13.4. The molecule has 0 heterocycles. The molecule has 1 unspecified atom stereocenters. The van der Waals surface area contributed by atoms with E-state index in [0.717, 1.165) is 25.7 Å². The summed E-state index contributed by atoms with van der Waals surface area (Å²) in [6.45, 7) is 7.83. The van der Waals surface area contributed by atoms with Crippen LogP contribution in [0.2, 0.25) is 0 Å². The average molecular weight is 311 g/mol. The molecule has 0 aliphatic carbocycles. The number of carbonyl (C=O) groups excluding carboxylic acids is 2. The first-order valence-corrected chi connectivity index (χ1v) is 8.67. The van der Waals surface area contributed by atoms with Gasteiger partial charge in [-0.3, -0.25) is 4.79 Å². The van der Waals surface area contributed by atoms with Crippen molar-refractivity contribution in [3.8, 4) is 0 Å². The van der Waals surface area contributed by atoms with Crippen molar-refractivity contribution in [1.29, 1.82) is 0 Å². The quantitative estimate of drug-likeness (QED) is 0.335. The maximum Gasteiger partial charge on any atom is 0.332 e. The normalized spacial score (nSPS) is 12.6. The maximum atomic E-state index is 12.0. The monoisotopic (exact) mass is 311 g/mol. The van der Waals surface area contributed by atoms with Crippen LogP contribution < -0.4 is 5.32 Å². The fraction of sp³-hybridized carbons (Fsp3) is 0.778. The number of allylic oxidation sites excluding steroid dienone is 1. The molecule has 4 nitrogen and oxygen atoms in total. The summed E-state index contributed by atoms with van der Waals surface area (Å²) < 4.78 is 5.21. The highest BCUT2D eigenvalue weighted by molar-refractivity contribution is 5.86. The Labute approximate surface area is 135 Å². The van der Waals surface area contributed by atoms with Gasteiger partial charge in [0.25, 0.3) is 0 Å². The summed E-state index contributed by atoms with van der Waals surface area (Å²) >= 11 is 0. The van der Waals surface area contributed by atoms with Gasteiger partial charge in [-0.1, -0.05) is 51.7 Å². The lowest BCUT2D eigenvalue weighted by Crippen LogP contribution is -2.41. The minimum Gasteiger partial charge on any atom is -0.461 e. The molecule has 1 N–H and O–H groups in total. The topological polar surface area (TPSA) is 55.4 Å². The molecule has 0 spiro atoms. The van der Waals surface area contributed by atoms with E-state index < -0.39 is 6.04 Å². The van der Waals surface area contributed by atoms with Gasteiger partial charge in [-0.2, -0.15) is 0 Å². The van der Waals surface area contributed by atoms with Crippen molar-refractivity contribution in [2.75, 3.05) is 0 Å². The van der Waals surface area contributed by atoms with Gasteiger partial charge in [-0.25, -0.2) is 4.79 Å². The summed E-state index contributed by atoms with van der Waals surface area (Å²) in [7, 11) is 0. The molecular weight excluding hydrogens is 278 g/mol. The van der Waals surface area contributed by atoms with Crippen LogP contribution in [-0.2, 0) is 14.3 Å². The molecular formula is C18H33NO3. The first kappa shape index (κ1) is 20.7. The van der Waals surface area contributed by atoms with Crippen LogP contribution in [0, 0.1) is 0 Å². The van der Waals surface area contributed by atoms with Crippen LogP contribution in [0.3, 0.4) is 0 Å². The molecule has 0 fully saturated rings. The zero-order valence-electron chi connectivity index (χ0n) is 14.7. The van der Waals surface area contributed by atoms with E-state index in [0.29, 0.717) is 6.42 Å². The van der Waals surface area contributed by atoms with Crippen molar-refractivity contribution in [3.05, 3.63) is 12.2 Å². The lowest BCUT2D eigenvalue weighted by Gasteiger charge is -2.16. The molecule has 0 aliphatic heterocycles. The summed E-state index contributed by atoms with van der Waals surface area (Å²) in [6.07, 6.45) is 11.5. The predicted octanol–water partition coefficient (Wildman–Crippen LogP) is 4.14. The zero-order valence-corrected chi connectivity index (χ0v) is 14.7. The molecule has 0 aromatic heterocycles. The van der Waals surface area contributed by atoms with Crippen molar-refractivity contribution >= 4 is 11.9 Å². The zero-order chi connectivity index (χ0) is 16.8. The van der Waals surface area contributed by atoms with Crippen molar-refractivity contribution < 1.29 is 14.3 Å².